The van der Waals surface area contributed by atoms with Crippen molar-refractivity contribution >= 4 is 16.0 Å². The molecule has 8 heteroatoms. The maximum Gasteiger partial charge on any atom is 0.319 e. The predicted molar refractivity (Wildman–Crippen MR) is 53.8 cm³/mol. The smallest absolute Gasteiger partial charge is 0.319 e. The van der Waals surface area contributed by atoms with Gasteiger partial charge in [-0.25, -0.2) is 13.6 Å². The number of carbonyl (C=O) groups excluding carboxylic acids is 1. The van der Waals surface area contributed by atoms with E-state index in [-0.39, 0.29) is 18.2 Å². The summed E-state index contributed by atoms with van der Waals surface area (Å²) in [4.78, 5) is 10.7. The lowest BCUT2D eigenvalue weighted by molar-refractivity contribution is -0.139. The van der Waals surface area contributed by atoms with Crippen molar-refractivity contribution in [2.24, 2.45) is 5.14 Å². The molecule has 3 N–H and O–H groups in total. The highest BCUT2D eigenvalue weighted by Crippen LogP contribution is 2.11. The fraction of sp³-hybridized carbons (Fsp3) is 0.375. The lowest BCUT2D eigenvalue weighted by atomic mass is 10.4. The zero-order chi connectivity index (χ0) is 12.2. The number of hydrogen-bond acceptors (Lipinski definition) is 6. The number of rotatable bonds is 5. The zero-order valence-corrected chi connectivity index (χ0v) is 9.41. The molecule has 0 atom stereocenters. The molecular weight excluding hydrogens is 236 g/mol. The molecule has 1 heterocycles. The minimum absolute atomic E-state index is 0.0158. The summed E-state index contributed by atoms with van der Waals surface area (Å²) in [6, 6.07) is 2.72. The minimum atomic E-state index is -3.81. The van der Waals surface area contributed by atoms with E-state index in [9.17, 15) is 13.2 Å². The molecule has 0 aliphatic carbocycles. The molecule has 0 saturated heterocycles. The van der Waals surface area contributed by atoms with Gasteiger partial charge in [0.05, 0.1) is 20.2 Å². The second-order valence-electron chi connectivity index (χ2n) is 2.95. The molecule has 0 radical (unpaired) electrons. The van der Waals surface area contributed by atoms with Crippen LogP contribution in [0.25, 0.3) is 0 Å². The number of furan rings is 1. The summed E-state index contributed by atoms with van der Waals surface area (Å²) in [5.41, 5.74) is 0. The summed E-state index contributed by atoms with van der Waals surface area (Å²) in [5.74, 6) is -0.0499. The van der Waals surface area contributed by atoms with Crippen molar-refractivity contribution in [3.8, 4) is 0 Å². The summed E-state index contributed by atoms with van der Waals surface area (Å²) in [6.07, 6.45) is 0. The number of nitrogens with one attached hydrogen (secondary N) is 1. The Balaban J connectivity index is 2.51. The van der Waals surface area contributed by atoms with Gasteiger partial charge in [0, 0.05) is 0 Å². The van der Waals surface area contributed by atoms with Gasteiger partial charge in [0.25, 0.3) is 10.0 Å². The van der Waals surface area contributed by atoms with Gasteiger partial charge in [-0.2, -0.15) is 0 Å². The van der Waals surface area contributed by atoms with Gasteiger partial charge in [-0.05, 0) is 12.1 Å². The van der Waals surface area contributed by atoms with Crippen LogP contribution in [0.5, 0.6) is 0 Å². The Morgan fingerprint density at radius 1 is 1.56 bits per heavy atom. The first-order chi connectivity index (χ1) is 7.43. The summed E-state index contributed by atoms with van der Waals surface area (Å²) >= 11 is 0. The number of esters is 1. The van der Waals surface area contributed by atoms with Gasteiger partial charge in [0.2, 0.25) is 5.09 Å². The van der Waals surface area contributed by atoms with Gasteiger partial charge in [-0.15, -0.1) is 0 Å². The van der Waals surface area contributed by atoms with E-state index in [1.165, 1.54) is 19.2 Å². The van der Waals surface area contributed by atoms with Crippen molar-refractivity contribution in [2.75, 3.05) is 13.7 Å². The molecule has 7 nitrogen and oxygen atoms in total. The quantitative estimate of drug-likeness (QED) is 0.659. The molecule has 0 bridgehead atoms. The van der Waals surface area contributed by atoms with E-state index in [1.54, 1.807) is 0 Å². The highest BCUT2D eigenvalue weighted by atomic mass is 32.2. The van der Waals surface area contributed by atoms with Crippen LogP contribution in [0, 0.1) is 0 Å². The van der Waals surface area contributed by atoms with Crippen LogP contribution in [0.2, 0.25) is 0 Å². The SMILES string of the molecule is COC(=O)CNCc1ccc(S(N)(=O)=O)o1. The van der Waals surface area contributed by atoms with Crippen LogP contribution in [0.3, 0.4) is 0 Å². The number of ether oxygens (including phenoxy) is 1. The Labute approximate surface area is 92.6 Å². The molecule has 0 unspecified atom stereocenters. The van der Waals surface area contributed by atoms with Crippen molar-refractivity contribution in [2.45, 2.75) is 11.6 Å². The van der Waals surface area contributed by atoms with Crippen molar-refractivity contribution in [1.82, 2.24) is 5.32 Å². The molecular formula is C8H12N2O5S. The predicted octanol–water partition coefficient (Wildman–Crippen LogP) is -0.810. The molecule has 0 fully saturated rings. The van der Waals surface area contributed by atoms with Gasteiger partial charge in [0.1, 0.15) is 5.76 Å². The van der Waals surface area contributed by atoms with E-state index in [2.05, 4.69) is 10.1 Å². The van der Waals surface area contributed by atoms with Crippen LogP contribution in [-0.2, 0) is 26.1 Å². The number of methoxy groups -OCH3 is 1. The van der Waals surface area contributed by atoms with Crippen LogP contribution in [0.15, 0.2) is 21.6 Å². The molecule has 16 heavy (non-hydrogen) atoms. The first-order valence-electron chi connectivity index (χ1n) is 4.32. The third-order valence-corrected chi connectivity index (χ3v) is 2.49. The Morgan fingerprint density at radius 2 is 2.25 bits per heavy atom. The number of hydrogen-bond donors (Lipinski definition) is 2. The summed E-state index contributed by atoms with van der Waals surface area (Å²) in [7, 11) is -2.54. The molecule has 0 saturated carbocycles. The Hall–Kier alpha value is -1.38. The Kier molecular flexibility index (Phi) is 4.05. The maximum absolute atomic E-state index is 10.9. The maximum atomic E-state index is 10.9. The van der Waals surface area contributed by atoms with E-state index in [1.807, 2.05) is 0 Å². The first-order valence-corrected chi connectivity index (χ1v) is 5.87. The number of primary sulfonamides is 1. The van der Waals surface area contributed by atoms with Gasteiger partial charge >= 0.3 is 5.97 Å². The van der Waals surface area contributed by atoms with E-state index >= 15 is 0 Å². The molecule has 0 aromatic carbocycles. The van der Waals surface area contributed by atoms with E-state index in [0.717, 1.165) is 0 Å². The van der Waals surface area contributed by atoms with Gasteiger partial charge in [0.15, 0.2) is 0 Å². The zero-order valence-electron chi connectivity index (χ0n) is 8.60. The Bertz CT molecular complexity index is 465. The molecule has 1 aromatic rings. The van der Waals surface area contributed by atoms with Crippen molar-refractivity contribution < 1.29 is 22.4 Å². The van der Waals surface area contributed by atoms with E-state index < -0.39 is 16.0 Å². The van der Waals surface area contributed by atoms with Crippen molar-refractivity contribution in [3.05, 3.63) is 17.9 Å². The van der Waals surface area contributed by atoms with Gasteiger partial charge < -0.3 is 9.15 Å². The fourth-order valence-electron chi connectivity index (χ4n) is 0.966. The average molecular weight is 248 g/mol. The van der Waals surface area contributed by atoms with Crippen LogP contribution in [0.1, 0.15) is 5.76 Å². The van der Waals surface area contributed by atoms with E-state index in [4.69, 9.17) is 9.56 Å². The topological polar surface area (TPSA) is 112 Å². The summed E-state index contributed by atoms with van der Waals surface area (Å²) < 4.78 is 31.1. The molecule has 0 aliphatic rings. The Morgan fingerprint density at radius 3 is 2.75 bits per heavy atom. The standard InChI is InChI=1S/C8H12N2O5S/c1-14-7(11)5-10-4-6-2-3-8(15-6)16(9,12)13/h2-3,10H,4-5H2,1H3,(H2,9,12,13). The number of carbonyl (C=O) groups is 1. The lowest BCUT2D eigenvalue weighted by Gasteiger charge is -2.00. The van der Waals surface area contributed by atoms with Gasteiger partial charge in [-0.1, -0.05) is 0 Å². The number of nitrogens with two attached hydrogens (primary N) is 1. The van der Waals surface area contributed by atoms with Gasteiger partial charge in [-0.3, -0.25) is 10.1 Å². The average Bonchev–Trinajstić information content (AvgIpc) is 2.65. The second-order valence-corrected chi connectivity index (χ2v) is 4.44. The second kappa shape index (κ2) is 5.10. The monoisotopic (exact) mass is 248 g/mol. The summed E-state index contributed by atoms with van der Waals surface area (Å²) in [5, 5.41) is 7.26. The van der Waals surface area contributed by atoms with Crippen LogP contribution in [0.4, 0.5) is 0 Å². The fourth-order valence-corrected chi connectivity index (χ4v) is 1.45. The van der Waals surface area contributed by atoms with Crippen molar-refractivity contribution in [3.63, 3.8) is 0 Å². The third kappa shape index (κ3) is 3.65. The molecule has 1 aromatic heterocycles. The molecule has 0 aliphatic heterocycles. The van der Waals surface area contributed by atoms with Crippen LogP contribution < -0.4 is 10.5 Å². The molecule has 90 valence electrons. The highest BCUT2D eigenvalue weighted by Gasteiger charge is 2.13. The molecule has 0 spiro atoms. The molecule has 1 rings (SSSR count). The van der Waals surface area contributed by atoms with Crippen LogP contribution >= 0.6 is 0 Å². The van der Waals surface area contributed by atoms with E-state index in [0.29, 0.717) is 5.76 Å². The first kappa shape index (κ1) is 12.7. The third-order valence-electron chi connectivity index (χ3n) is 1.71. The summed E-state index contributed by atoms with van der Waals surface area (Å²) in [6.45, 7) is 0.229. The lowest BCUT2D eigenvalue weighted by Crippen LogP contribution is -2.23. The number of sulfonamides is 1. The largest absolute Gasteiger partial charge is 0.468 e. The highest BCUT2D eigenvalue weighted by molar-refractivity contribution is 7.89. The normalized spacial score (nSPS) is 11.4. The minimum Gasteiger partial charge on any atom is -0.468 e. The molecule has 0 amide bonds. The van der Waals surface area contributed by atoms with Crippen molar-refractivity contribution in [1.29, 1.82) is 0 Å². The van der Waals surface area contributed by atoms with Crippen LogP contribution in [-0.4, -0.2) is 28.0 Å².